The van der Waals surface area contributed by atoms with Crippen LogP contribution < -0.4 is 5.56 Å². The second-order valence-corrected chi connectivity index (χ2v) is 3.31. The molecule has 0 N–H and O–H groups in total. The Morgan fingerprint density at radius 3 is 2.59 bits per heavy atom. The van der Waals surface area contributed by atoms with E-state index in [0.29, 0.717) is 0 Å². The fourth-order valence-corrected chi connectivity index (χ4v) is 1.36. The molecule has 0 fully saturated rings. The average molecular weight is 240 g/mol. The molecule has 0 aliphatic heterocycles. The summed E-state index contributed by atoms with van der Waals surface area (Å²) in [6.45, 7) is 0. The topological polar surface area (TPSA) is 34.9 Å². The lowest BCUT2D eigenvalue weighted by molar-refractivity contribution is -0.141. The minimum atomic E-state index is -4.52. The first-order chi connectivity index (χ1) is 7.98. The van der Waals surface area contributed by atoms with Gasteiger partial charge in [0.05, 0.1) is 5.69 Å². The molecule has 0 unspecified atom stereocenters. The van der Waals surface area contributed by atoms with Gasteiger partial charge in [-0.3, -0.25) is 14.3 Å². The summed E-state index contributed by atoms with van der Waals surface area (Å²) in [5.74, 6) is 0. The van der Waals surface area contributed by atoms with Gasteiger partial charge in [-0.25, -0.2) is 0 Å². The van der Waals surface area contributed by atoms with E-state index in [1.54, 1.807) is 6.07 Å². The van der Waals surface area contributed by atoms with Crippen LogP contribution in [0.25, 0.3) is 5.69 Å². The Hall–Kier alpha value is -2.11. The van der Waals surface area contributed by atoms with Gasteiger partial charge in [0.15, 0.2) is 0 Å². The van der Waals surface area contributed by atoms with Crippen molar-refractivity contribution >= 4 is 0 Å². The van der Waals surface area contributed by atoms with Crippen molar-refractivity contribution in [2.75, 3.05) is 0 Å². The van der Waals surface area contributed by atoms with E-state index in [-0.39, 0.29) is 5.69 Å². The van der Waals surface area contributed by atoms with Crippen LogP contribution in [0.15, 0.2) is 47.5 Å². The molecule has 0 amide bonds. The Kier molecular flexibility index (Phi) is 2.71. The minimum absolute atomic E-state index is 0.137. The van der Waals surface area contributed by atoms with Crippen molar-refractivity contribution in [2.24, 2.45) is 0 Å². The van der Waals surface area contributed by atoms with Crippen LogP contribution in [0.4, 0.5) is 13.2 Å². The van der Waals surface area contributed by atoms with Crippen LogP contribution in [-0.4, -0.2) is 9.55 Å². The Bertz CT molecular complexity index is 590. The molecule has 88 valence electrons. The summed E-state index contributed by atoms with van der Waals surface area (Å²) < 4.78 is 38.4. The van der Waals surface area contributed by atoms with Gasteiger partial charge in [-0.2, -0.15) is 13.2 Å². The highest BCUT2D eigenvalue weighted by Gasteiger charge is 2.32. The zero-order valence-corrected chi connectivity index (χ0v) is 8.48. The number of pyridine rings is 2. The maximum Gasteiger partial charge on any atom is 0.433 e. The van der Waals surface area contributed by atoms with E-state index >= 15 is 0 Å². The largest absolute Gasteiger partial charge is 0.433 e. The fourth-order valence-electron chi connectivity index (χ4n) is 1.36. The van der Waals surface area contributed by atoms with Crippen molar-refractivity contribution in [1.29, 1.82) is 0 Å². The van der Waals surface area contributed by atoms with E-state index in [1.165, 1.54) is 24.4 Å². The molecule has 0 saturated carbocycles. The van der Waals surface area contributed by atoms with Gasteiger partial charge < -0.3 is 0 Å². The SMILES string of the molecule is O=c1ccccn1-c1ccnc(C(F)(F)F)c1. The highest BCUT2D eigenvalue weighted by atomic mass is 19.4. The van der Waals surface area contributed by atoms with Gasteiger partial charge in [0, 0.05) is 18.5 Å². The number of aromatic nitrogens is 2. The summed E-state index contributed by atoms with van der Waals surface area (Å²) in [7, 11) is 0. The van der Waals surface area contributed by atoms with E-state index in [9.17, 15) is 18.0 Å². The molecular formula is C11H7F3N2O. The third-order valence-electron chi connectivity index (χ3n) is 2.13. The molecule has 0 bridgehead atoms. The number of rotatable bonds is 1. The molecule has 0 aromatic carbocycles. The molecule has 0 aliphatic carbocycles. The molecule has 0 saturated heterocycles. The number of nitrogens with zero attached hydrogens (tertiary/aromatic N) is 2. The minimum Gasteiger partial charge on any atom is -0.284 e. The van der Waals surface area contributed by atoms with Gasteiger partial charge in [0.1, 0.15) is 5.69 Å². The highest BCUT2D eigenvalue weighted by molar-refractivity contribution is 5.33. The summed E-state index contributed by atoms with van der Waals surface area (Å²) >= 11 is 0. The monoisotopic (exact) mass is 240 g/mol. The maximum absolute atomic E-state index is 12.4. The summed E-state index contributed by atoms with van der Waals surface area (Å²) in [6.07, 6.45) is -2.09. The fraction of sp³-hybridized carbons (Fsp3) is 0.0909. The Morgan fingerprint density at radius 1 is 1.18 bits per heavy atom. The molecule has 3 nitrogen and oxygen atoms in total. The van der Waals surface area contributed by atoms with Gasteiger partial charge in [-0.15, -0.1) is 0 Å². The summed E-state index contributed by atoms with van der Waals surface area (Å²) in [4.78, 5) is 14.7. The van der Waals surface area contributed by atoms with E-state index in [2.05, 4.69) is 4.98 Å². The first-order valence-electron chi connectivity index (χ1n) is 4.70. The first kappa shape index (κ1) is 11.4. The highest BCUT2D eigenvalue weighted by Crippen LogP contribution is 2.28. The van der Waals surface area contributed by atoms with Crippen molar-refractivity contribution in [1.82, 2.24) is 9.55 Å². The number of alkyl halides is 3. The van der Waals surface area contributed by atoms with Crippen LogP contribution in [0.5, 0.6) is 0 Å². The zero-order chi connectivity index (χ0) is 12.5. The van der Waals surface area contributed by atoms with Crippen LogP contribution >= 0.6 is 0 Å². The van der Waals surface area contributed by atoms with Crippen molar-refractivity contribution in [3.8, 4) is 5.69 Å². The Morgan fingerprint density at radius 2 is 1.94 bits per heavy atom. The van der Waals surface area contributed by atoms with Crippen molar-refractivity contribution in [3.63, 3.8) is 0 Å². The Labute approximate surface area is 94.2 Å². The van der Waals surface area contributed by atoms with E-state index in [4.69, 9.17) is 0 Å². The summed E-state index contributed by atoms with van der Waals surface area (Å²) in [5, 5.41) is 0. The normalized spacial score (nSPS) is 11.5. The van der Waals surface area contributed by atoms with Crippen molar-refractivity contribution in [2.45, 2.75) is 6.18 Å². The van der Waals surface area contributed by atoms with E-state index < -0.39 is 17.4 Å². The lowest BCUT2D eigenvalue weighted by Crippen LogP contribution is -2.17. The molecule has 17 heavy (non-hydrogen) atoms. The molecule has 2 rings (SSSR count). The third kappa shape index (κ3) is 2.35. The predicted molar refractivity (Wildman–Crippen MR) is 54.8 cm³/mol. The molecule has 0 radical (unpaired) electrons. The number of halogens is 3. The van der Waals surface area contributed by atoms with Gasteiger partial charge in [-0.05, 0) is 18.2 Å². The number of hydrogen-bond acceptors (Lipinski definition) is 2. The predicted octanol–water partition coefficient (Wildman–Crippen LogP) is 2.25. The van der Waals surface area contributed by atoms with Crippen molar-refractivity contribution < 1.29 is 13.2 Å². The molecule has 2 aromatic heterocycles. The van der Waals surface area contributed by atoms with Gasteiger partial charge >= 0.3 is 6.18 Å². The first-order valence-corrected chi connectivity index (χ1v) is 4.70. The standard InChI is InChI=1S/C11H7F3N2O/c12-11(13,14)9-7-8(4-5-15-9)16-6-2-1-3-10(16)17/h1-7H. The second-order valence-electron chi connectivity index (χ2n) is 3.31. The quantitative estimate of drug-likeness (QED) is 0.766. The molecule has 6 heteroatoms. The van der Waals surface area contributed by atoms with Crippen LogP contribution in [0, 0.1) is 0 Å². The van der Waals surface area contributed by atoms with Crippen LogP contribution in [0.3, 0.4) is 0 Å². The zero-order valence-electron chi connectivity index (χ0n) is 8.48. The van der Waals surface area contributed by atoms with Gasteiger partial charge in [-0.1, -0.05) is 6.07 Å². The third-order valence-corrected chi connectivity index (χ3v) is 2.13. The van der Waals surface area contributed by atoms with Crippen LogP contribution in [0.2, 0.25) is 0 Å². The maximum atomic E-state index is 12.4. The average Bonchev–Trinajstić information content (AvgIpc) is 2.29. The molecule has 0 aliphatic rings. The van der Waals surface area contributed by atoms with Crippen molar-refractivity contribution in [3.05, 3.63) is 58.8 Å². The van der Waals surface area contributed by atoms with E-state index in [1.807, 2.05) is 0 Å². The van der Waals surface area contributed by atoms with Crippen LogP contribution in [0.1, 0.15) is 5.69 Å². The molecule has 0 spiro atoms. The molecule has 2 aromatic rings. The molecule has 0 atom stereocenters. The van der Waals surface area contributed by atoms with Crippen LogP contribution in [-0.2, 0) is 6.18 Å². The number of hydrogen-bond donors (Lipinski definition) is 0. The smallest absolute Gasteiger partial charge is 0.284 e. The Balaban J connectivity index is 2.55. The summed E-state index contributed by atoms with van der Waals surface area (Å²) in [6, 6.07) is 6.53. The van der Waals surface area contributed by atoms with E-state index in [0.717, 1.165) is 16.8 Å². The van der Waals surface area contributed by atoms with Gasteiger partial charge in [0.2, 0.25) is 0 Å². The second kappa shape index (κ2) is 4.04. The summed E-state index contributed by atoms with van der Waals surface area (Å²) in [5.41, 5.74) is -1.28. The lowest BCUT2D eigenvalue weighted by Gasteiger charge is -2.08. The van der Waals surface area contributed by atoms with Gasteiger partial charge in [0.25, 0.3) is 5.56 Å². The molecule has 2 heterocycles. The lowest BCUT2D eigenvalue weighted by atomic mass is 10.3. The molecular weight excluding hydrogens is 233 g/mol.